The summed E-state index contributed by atoms with van der Waals surface area (Å²) < 4.78 is 27.5. The summed E-state index contributed by atoms with van der Waals surface area (Å²) in [4.78, 5) is 17.6. The van der Waals surface area contributed by atoms with E-state index in [1.165, 1.54) is 29.0 Å². The number of rotatable bonds is 7. The van der Waals surface area contributed by atoms with E-state index in [4.69, 9.17) is 10.1 Å². The molecule has 0 unspecified atom stereocenters. The van der Waals surface area contributed by atoms with Crippen molar-refractivity contribution in [2.75, 3.05) is 31.6 Å². The van der Waals surface area contributed by atoms with Crippen LogP contribution in [0.3, 0.4) is 0 Å². The number of nitrogens with zero attached hydrogens (tertiary/aromatic N) is 2. The molecule has 1 amide bonds. The molecule has 9 heteroatoms. The number of aliphatic hydroxyl groups excluding tert-OH is 1. The summed E-state index contributed by atoms with van der Waals surface area (Å²) >= 11 is 0. The number of aliphatic imine (C=N–C) groups is 1. The quantitative estimate of drug-likeness (QED) is 0.563. The van der Waals surface area contributed by atoms with Gasteiger partial charge in [-0.25, -0.2) is 8.42 Å². The van der Waals surface area contributed by atoms with Crippen molar-refractivity contribution in [3.63, 3.8) is 0 Å². The van der Waals surface area contributed by atoms with E-state index >= 15 is 0 Å². The molecule has 1 aromatic carbocycles. The predicted octanol–water partition coefficient (Wildman–Crippen LogP) is 2.64. The first-order valence-corrected chi connectivity index (χ1v) is 13.4. The Morgan fingerprint density at radius 2 is 1.97 bits per heavy atom. The highest BCUT2D eigenvalue weighted by Gasteiger charge is 2.48. The Morgan fingerprint density at radius 1 is 1.24 bits per heavy atom. The summed E-state index contributed by atoms with van der Waals surface area (Å²) in [7, 11) is -3.64. The lowest BCUT2D eigenvalue weighted by Crippen LogP contribution is -2.50. The number of sulfonamides is 1. The molecule has 2 fully saturated rings. The molecule has 2 aliphatic heterocycles. The van der Waals surface area contributed by atoms with Gasteiger partial charge in [-0.15, -0.1) is 0 Å². The predicted molar refractivity (Wildman–Crippen MR) is 130 cm³/mol. The summed E-state index contributed by atoms with van der Waals surface area (Å²) in [6.45, 7) is 2.83. The van der Waals surface area contributed by atoms with Crippen molar-refractivity contribution in [2.24, 2.45) is 10.9 Å². The molecule has 0 bridgehead atoms. The van der Waals surface area contributed by atoms with E-state index in [9.17, 15) is 13.2 Å². The molecular formula is C24H34N4O4S. The van der Waals surface area contributed by atoms with Crippen LogP contribution in [-0.4, -0.2) is 61.4 Å². The van der Waals surface area contributed by atoms with Gasteiger partial charge in [0, 0.05) is 42.2 Å². The number of carbonyl (C=O) groups is 1. The van der Waals surface area contributed by atoms with Crippen molar-refractivity contribution < 1.29 is 18.3 Å². The van der Waals surface area contributed by atoms with Crippen LogP contribution in [0.15, 0.2) is 28.6 Å². The number of piperidine rings is 1. The largest absolute Gasteiger partial charge is 0.395 e. The average molecular weight is 475 g/mol. The number of amidine groups is 1. The summed E-state index contributed by atoms with van der Waals surface area (Å²) in [5, 5.41) is 16.5. The molecule has 2 heterocycles. The molecule has 1 saturated heterocycles. The molecule has 3 N–H and O–H groups in total. The van der Waals surface area contributed by atoms with E-state index in [0.717, 1.165) is 35.5 Å². The molecular weight excluding hydrogens is 440 g/mol. The maximum absolute atomic E-state index is 13.0. The maximum Gasteiger partial charge on any atom is 0.253 e. The van der Waals surface area contributed by atoms with Gasteiger partial charge in [0.05, 0.1) is 6.61 Å². The van der Waals surface area contributed by atoms with Gasteiger partial charge in [-0.1, -0.05) is 31.4 Å². The third-order valence-corrected chi connectivity index (χ3v) is 8.62. The highest BCUT2D eigenvalue weighted by molar-refractivity contribution is 7.92. The molecule has 0 aromatic heterocycles. The Bertz CT molecular complexity index is 1040. The van der Waals surface area contributed by atoms with Crippen molar-refractivity contribution >= 4 is 33.5 Å². The van der Waals surface area contributed by atoms with Gasteiger partial charge in [0.1, 0.15) is 11.4 Å². The number of hydrogen-bond acceptors (Lipinski definition) is 6. The van der Waals surface area contributed by atoms with Gasteiger partial charge in [-0.2, -0.15) is 4.31 Å². The zero-order valence-corrected chi connectivity index (χ0v) is 20.0. The number of anilines is 1. The summed E-state index contributed by atoms with van der Waals surface area (Å²) in [6.07, 6.45) is 8.11. The number of aryl methyl sites for hydroxylation is 1. The smallest absolute Gasteiger partial charge is 0.253 e. The Labute approximate surface area is 196 Å². The summed E-state index contributed by atoms with van der Waals surface area (Å²) in [6, 6.07) is 5.67. The highest BCUT2D eigenvalue weighted by Crippen LogP contribution is 2.35. The van der Waals surface area contributed by atoms with E-state index in [-0.39, 0.29) is 25.6 Å². The van der Waals surface area contributed by atoms with Crippen molar-refractivity contribution in [3.8, 4) is 0 Å². The zero-order valence-electron chi connectivity index (χ0n) is 19.2. The Hall–Kier alpha value is -2.23. The zero-order chi connectivity index (χ0) is 23.5. The van der Waals surface area contributed by atoms with Gasteiger partial charge < -0.3 is 15.7 Å². The second-order valence-corrected chi connectivity index (χ2v) is 11.1. The Kier molecular flexibility index (Phi) is 7.21. The second-order valence-electron chi connectivity index (χ2n) is 9.25. The van der Waals surface area contributed by atoms with Gasteiger partial charge in [0.15, 0.2) is 0 Å². The molecule has 0 atom stereocenters. The lowest BCUT2D eigenvalue weighted by atomic mass is 9.88. The minimum atomic E-state index is -3.64. The summed E-state index contributed by atoms with van der Waals surface area (Å²) in [5.74, 6) is 1.07. The first-order chi connectivity index (χ1) is 15.8. The topological polar surface area (TPSA) is 111 Å². The van der Waals surface area contributed by atoms with E-state index in [0.29, 0.717) is 25.3 Å². The molecule has 180 valence electrons. The monoisotopic (exact) mass is 474 g/mol. The number of hydrogen-bond donors (Lipinski definition) is 3. The number of aliphatic hydroxyl groups is 1. The molecule has 4 rings (SSSR count). The molecule has 1 aliphatic carbocycles. The van der Waals surface area contributed by atoms with Crippen LogP contribution >= 0.6 is 0 Å². The molecule has 33 heavy (non-hydrogen) atoms. The minimum absolute atomic E-state index is 0.0105. The fraction of sp³-hybridized carbons (Fsp3) is 0.583. The molecule has 0 radical (unpaired) electrons. The summed E-state index contributed by atoms with van der Waals surface area (Å²) in [5.41, 5.74) is 1.68. The van der Waals surface area contributed by atoms with Crippen LogP contribution in [0.4, 0.5) is 5.69 Å². The van der Waals surface area contributed by atoms with Gasteiger partial charge in [0.2, 0.25) is 10.0 Å². The van der Waals surface area contributed by atoms with Crippen LogP contribution in [0, 0.1) is 12.8 Å². The number of amides is 1. The van der Waals surface area contributed by atoms with Crippen LogP contribution < -0.4 is 10.6 Å². The van der Waals surface area contributed by atoms with Crippen molar-refractivity contribution in [1.82, 2.24) is 9.62 Å². The van der Waals surface area contributed by atoms with E-state index in [1.807, 2.05) is 25.1 Å². The first-order valence-electron chi connectivity index (χ1n) is 11.9. The maximum atomic E-state index is 13.0. The normalized spacial score (nSPS) is 22.0. The second kappa shape index (κ2) is 9.95. The molecule has 3 aliphatic rings. The lowest BCUT2D eigenvalue weighted by molar-refractivity contribution is -0.124. The fourth-order valence-electron chi connectivity index (χ4n) is 5.05. The lowest BCUT2D eigenvalue weighted by Gasteiger charge is -2.34. The third-order valence-electron chi connectivity index (χ3n) is 7.06. The van der Waals surface area contributed by atoms with Crippen LogP contribution in [0.5, 0.6) is 0 Å². The molecule has 8 nitrogen and oxygen atoms in total. The third kappa shape index (κ3) is 5.15. The number of carbonyl (C=O) groups excluding carboxylic acids is 1. The van der Waals surface area contributed by atoms with Gasteiger partial charge in [0.25, 0.3) is 5.91 Å². The SMILES string of the molecule is Cc1cccc(NCCO)c1/C=C/S(=O)(=O)N1CCC2(CC1)N=C(C1CCCCC1)NC2=O. The van der Waals surface area contributed by atoms with E-state index < -0.39 is 15.6 Å². The molecule has 1 spiro atoms. The standard InChI is InChI=1S/C24H34N4O4S/c1-18-6-5-9-21(25-13-16-29)20(18)10-17-33(31,32)28-14-11-24(12-15-28)23(30)26-22(27-24)19-7-3-2-4-8-19/h5-6,9-10,17,19,25,29H,2-4,7-8,11-16H2,1H3,(H,26,27,30)/b17-10+. The van der Waals surface area contributed by atoms with Gasteiger partial charge >= 0.3 is 0 Å². The van der Waals surface area contributed by atoms with Crippen LogP contribution in [0.25, 0.3) is 6.08 Å². The Morgan fingerprint density at radius 3 is 2.67 bits per heavy atom. The average Bonchev–Trinajstić information content (AvgIpc) is 3.13. The van der Waals surface area contributed by atoms with E-state index in [2.05, 4.69) is 10.6 Å². The van der Waals surface area contributed by atoms with Crippen molar-refractivity contribution in [2.45, 2.75) is 57.4 Å². The molecule has 1 saturated carbocycles. The van der Waals surface area contributed by atoms with Crippen LogP contribution in [0.1, 0.15) is 56.1 Å². The minimum Gasteiger partial charge on any atom is -0.395 e. The Balaban J connectivity index is 1.44. The van der Waals surface area contributed by atoms with Gasteiger partial charge in [-0.05, 0) is 50.3 Å². The fourth-order valence-corrected chi connectivity index (χ4v) is 6.22. The molecule has 1 aromatic rings. The number of benzene rings is 1. The van der Waals surface area contributed by atoms with Crippen molar-refractivity contribution in [1.29, 1.82) is 0 Å². The van der Waals surface area contributed by atoms with Crippen LogP contribution in [0.2, 0.25) is 0 Å². The van der Waals surface area contributed by atoms with Crippen LogP contribution in [-0.2, 0) is 14.8 Å². The van der Waals surface area contributed by atoms with Crippen molar-refractivity contribution in [3.05, 3.63) is 34.7 Å². The first kappa shape index (κ1) is 23.9. The highest BCUT2D eigenvalue weighted by atomic mass is 32.2. The van der Waals surface area contributed by atoms with Gasteiger partial charge in [-0.3, -0.25) is 9.79 Å². The van der Waals surface area contributed by atoms with E-state index in [1.54, 1.807) is 6.08 Å². The number of nitrogens with one attached hydrogen (secondary N) is 2.